The van der Waals surface area contributed by atoms with Crippen molar-refractivity contribution in [2.45, 2.75) is 0 Å². The van der Waals surface area contributed by atoms with E-state index in [1.807, 2.05) is 0 Å². The Morgan fingerprint density at radius 1 is 0.298 bits per heavy atom. The quantitative estimate of drug-likeness (QED) is 0.0662. The van der Waals surface area contributed by atoms with Crippen LogP contribution in [0.15, 0.2) is 0 Å². The van der Waals surface area contributed by atoms with Crippen LogP contribution < -0.4 is 14.7 Å². The first-order valence-corrected chi connectivity index (χ1v) is 13.9. The van der Waals surface area contributed by atoms with Gasteiger partial charge in [-0.15, -0.1) is 0 Å². The van der Waals surface area contributed by atoms with Crippen molar-refractivity contribution < 1.29 is 75.8 Å². The summed E-state index contributed by atoms with van der Waals surface area (Å²) in [6.07, 6.45) is 0. The highest BCUT2D eigenvalue weighted by atomic mass is 16.8. The second kappa shape index (κ2) is 31.1. The molecule has 0 saturated heterocycles. The van der Waals surface area contributed by atoms with Crippen molar-refractivity contribution in [3.05, 3.63) is 0 Å². The summed E-state index contributed by atoms with van der Waals surface area (Å²) in [7, 11) is 9.15. The molecule has 0 spiro atoms. The number of methoxy groups -OCH3 is 6. The molecule has 0 aromatic carbocycles. The van der Waals surface area contributed by atoms with E-state index in [-0.39, 0.29) is 126 Å². The Kier molecular flexibility index (Phi) is 28.3. The minimum atomic E-state index is -0.105. The number of ether oxygens (including phenoxy) is 16. The number of aromatic nitrogens is 3. The molecule has 22 nitrogen and oxygen atoms in total. The van der Waals surface area contributed by atoms with Crippen LogP contribution in [0.25, 0.3) is 0 Å². The summed E-state index contributed by atoms with van der Waals surface area (Å²) in [5, 5.41) is 0. The Morgan fingerprint density at radius 3 is 0.787 bits per heavy atom. The van der Waals surface area contributed by atoms with Crippen LogP contribution in [0.4, 0.5) is 17.8 Å². The first kappa shape index (κ1) is 42.8. The fraction of sp³-hybridized carbons (Fsp3) is 0.880. The molecule has 0 radical (unpaired) electrons. The number of hydrogen-bond acceptors (Lipinski definition) is 22. The average Bonchev–Trinajstić information content (AvgIpc) is 3.08. The molecule has 0 saturated carbocycles. The van der Waals surface area contributed by atoms with Gasteiger partial charge in [0.1, 0.15) is 54.0 Å². The third-order valence-corrected chi connectivity index (χ3v) is 4.82. The van der Waals surface area contributed by atoms with E-state index in [0.717, 1.165) is 0 Å². The highest BCUT2D eigenvalue weighted by Crippen LogP contribution is 2.20. The van der Waals surface area contributed by atoms with Crippen LogP contribution in [0.1, 0.15) is 0 Å². The van der Waals surface area contributed by atoms with Gasteiger partial charge in [-0.25, -0.2) is 0 Å². The maximum atomic E-state index is 5.64. The molecule has 0 bridgehead atoms. The molecule has 0 atom stereocenters. The Labute approximate surface area is 274 Å². The summed E-state index contributed by atoms with van der Waals surface area (Å²) in [6.45, 7) is 0.255. The summed E-state index contributed by atoms with van der Waals surface area (Å²) < 4.78 is 83.3. The third kappa shape index (κ3) is 21.4. The predicted molar refractivity (Wildman–Crippen MR) is 158 cm³/mol. The summed E-state index contributed by atoms with van der Waals surface area (Å²) in [4.78, 5) is 18.7. The molecule has 1 aromatic heterocycles. The molecular weight excluding hydrogens is 640 g/mol. The molecule has 1 rings (SSSR count). The Balaban J connectivity index is 2.82. The first-order valence-electron chi connectivity index (χ1n) is 13.9. The summed E-state index contributed by atoms with van der Waals surface area (Å²) in [5.74, 6) is 0.671. The lowest BCUT2D eigenvalue weighted by Gasteiger charge is -2.27. The van der Waals surface area contributed by atoms with Gasteiger partial charge in [0.25, 0.3) is 0 Å². The topological polar surface area (TPSA) is 196 Å². The molecule has 0 fully saturated rings. The number of anilines is 3. The fourth-order valence-electron chi connectivity index (χ4n) is 3.05. The van der Waals surface area contributed by atoms with Crippen molar-refractivity contribution in [1.82, 2.24) is 15.0 Å². The molecule has 1 aromatic rings. The molecule has 0 aliphatic carbocycles. The normalized spacial score (nSPS) is 11.4. The molecule has 0 unspecified atom stereocenters. The van der Waals surface area contributed by atoms with Gasteiger partial charge < -0.3 is 75.8 Å². The zero-order chi connectivity index (χ0) is 34.2. The first-order chi connectivity index (χ1) is 23.1. The van der Waals surface area contributed by atoms with Gasteiger partial charge in [-0.3, -0.25) is 14.7 Å². The molecule has 22 heteroatoms. The van der Waals surface area contributed by atoms with Crippen LogP contribution in [0.3, 0.4) is 0 Å². The van der Waals surface area contributed by atoms with Gasteiger partial charge in [-0.05, 0) is 0 Å². The molecule has 47 heavy (non-hydrogen) atoms. The summed E-state index contributed by atoms with van der Waals surface area (Å²) in [5.41, 5.74) is 0. The Morgan fingerprint density at radius 2 is 0.532 bits per heavy atom. The van der Waals surface area contributed by atoms with Crippen molar-refractivity contribution in [3.63, 3.8) is 0 Å². The predicted octanol–water partition coefficient (Wildman–Crippen LogP) is -0.345. The smallest absolute Gasteiger partial charge is 0.235 e. The fourth-order valence-corrected chi connectivity index (χ4v) is 3.05. The van der Waals surface area contributed by atoms with E-state index in [9.17, 15) is 0 Å². The van der Waals surface area contributed by atoms with E-state index < -0.39 is 0 Å². The van der Waals surface area contributed by atoms with E-state index in [0.29, 0.717) is 0 Å². The lowest BCUT2D eigenvalue weighted by Crippen LogP contribution is -2.36. The number of hydrogen-bond donors (Lipinski definition) is 0. The van der Waals surface area contributed by atoms with Gasteiger partial charge in [-0.1, -0.05) is 0 Å². The molecule has 0 amide bonds. The van der Waals surface area contributed by atoms with Gasteiger partial charge in [0.2, 0.25) is 17.8 Å². The SMILES string of the molecule is COCOCOCOCOCOCN(COC)c1nc(N(COC)COC)nc(N(COC)COCOCOCOCOCOC)n1. The van der Waals surface area contributed by atoms with Gasteiger partial charge >= 0.3 is 0 Å². The van der Waals surface area contributed by atoms with E-state index in [2.05, 4.69) is 15.0 Å². The van der Waals surface area contributed by atoms with E-state index >= 15 is 0 Å². The zero-order valence-corrected chi connectivity index (χ0v) is 28.0. The molecular formula is C25H50N6O16. The van der Waals surface area contributed by atoms with E-state index in [4.69, 9.17) is 75.8 Å². The second-order valence-electron chi connectivity index (χ2n) is 8.58. The molecule has 0 aliphatic heterocycles. The zero-order valence-electron chi connectivity index (χ0n) is 28.0. The van der Waals surface area contributed by atoms with Crippen LogP contribution in [0.2, 0.25) is 0 Å². The van der Waals surface area contributed by atoms with Crippen molar-refractivity contribution in [2.24, 2.45) is 0 Å². The minimum absolute atomic E-state index is 0.0104. The summed E-state index contributed by atoms with van der Waals surface area (Å²) in [6, 6.07) is 0. The number of rotatable bonds is 35. The lowest BCUT2D eigenvalue weighted by molar-refractivity contribution is -0.203. The van der Waals surface area contributed by atoms with Gasteiger partial charge in [0.05, 0.1) is 0 Å². The summed E-state index contributed by atoms with van der Waals surface area (Å²) >= 11 is 0. The maximum Gasteiger partial charge on any atom is 0.235 e. The van der Waals surface area contributed by atoms with Crippen molar-refractivity contribution in [3.8, 4) is 0 Å². The van der Waals surface area contributed by atoms with Crippen LogP contribution >= 0.6 is 0 Å². The monoisotopic (exact) mass is 690 g/mol. The van der Waals surface area contributed by atoms with Crippen molar-refractivity contribution >= 4 is 17.8 Å². The maximum absolute atomic E-state index is 5.64. The third-order valence-electron chi connectivity index (χ3n) is 4.82. The highest BCUT2D eigenvalue weighted by molar-refractivity contribution is 5.45. The molecule has 0 N–H and O–H groups in total. The second-order valence-corrected chi connectivity index (χ2v) is 8.58. The molecule has 0 aliphatic rings. The van der Waals surface area contributed by atoms with E-state index in [1.165, 1.54) is 42.7 Å². The van der Waals surface area contributed by atoms with Crippen molar-refractivity contribution in [1.29, 1.82) is 0 Å². The largest absolute Gasteiger partial charge is 0.364 e. The molecule has 1 heterocycles. The number of nitrogens with zero attached hydrogens (tertiary/aromatic N) is 6. The lowest BCUT2D eigenvalue weighted by atomic mass is 10.6. The van der Waals surface area contributed by atoms with Gasteiger partial charge in [-0.2, -0.15) is 15.0 Å². The molecule has 276 valence electrons. The van der Waals surface area contributed by atoms with Crippen LogP contribution in [0, 0.1) is 0 Å². The van der Waals surface area contributed by atoms with Crippen LogP contribution in [-0.4, -0.2) is 166 Å². The minimum Gasteiger partial charge on any atom is -0.364 e. The Hall–Kier alpha value is -2.23. The van der Waals surface area contributed by atoms with E-state index in [1.54, 1.807) is 14.7 Å². The Bertz CT molecular complexity index is 781. The standard InChI is InChI=1S/C25H50N6O16/c1-32-7-29(8-33-2)23-26-24(30(9-34-3)11-38-15-42-19-46-21-44-17-40-13-36-5)28-25(27-23)31(10-35-4)12-39-16-43-20-47-22-45-18-41-14-37-6/h7-22H2,1-6H3. The highest BCUT2D eigenvalue weighted by Gasteiger charge is 2.21. The van der Waals surface area contributed by atoms with Gasteiger partial charge in [0.15, 0.2) is 54.3 Å². The van der Waals surface area contributed by atoms with Gasteiger partial charge in [0, 0.05) is 42.7 Å². The average molecular weight is 691 g/mol. The van der Waals surface area contributed by atoms with Crippen LogP contribution in [-0.2, 0) is 75.8 Å². The van der Waals surface area contributed by atoms with Crippen LogP contribution in [0.5, 0.6) is 0 Å². The van der Waals surface area contributed by atoms with Crippen molar-refractivity contribution in [2.75, 3.05) is 166 Å².